The predicted octanol–water partition coefficient (Wildman–Crippen LogP) is 4.05. The molecule has 13 heteroatoms. The van der Waals surface area contributed by atoms with E-state index < -0.39 is 43.1 Å². The molecule has 5 atom stereocenters. The second-order valence-corrected chi connectivity index (χ2v) is 11.2. The Hall–Kier alpha value is -3.65. The highest BCUT2D eigenvalue weighted by molar-refractivity contribution is 7.15. The van der Waals surface area contributed by atoms with Crippen LogP contribution in [-0.2, 0) is 15.9 Å². The highest BCUT2D eigenvalue weighted by Crippen LogP contribution is 2.39. The molecule has 1 aliphatic rings. The number of aliphatic hydroxyl groups is 3. The number of thiazole rings is 1. The van der Waals surface area contributed by atoms with Gasteiger partial charge in [-0.05, 0) is 41.5 Å². The first-order chi connectivity index (χ1) is 20.7. The van der Waals surface area contributed by atoms with E-state index in [4.69, 9.17) is 39.7 Å². The molecule has 4 aromatic rings. The summed E-state index contributed by atoms with van der Waals surface area (Å²) >= 11 is 7.96. The standard InChI is InChI=1S/C30H30ClNO10S/c1-37-20-10-17(11-21(38-2)29(20)39-3)30(36)41-14-22-25(33)26(34)27(35)28(42-22)15-6-7-18(31)16(9-15)12-24-32-13-23(43-24)19-5-4-8-40-19/h4-11,13,22,25-28,33-35H,12,14H2,1-3H3. The van der Waals surface area contributed by atoms with E-state index in [1.165, 1.54) is 44.8 Å². The lowest BCUT2D eigenvalue weighted by Crippen LogP contribution is -2.55. The van der Waals surface area contributed by atoms with Gasteiger partial charge >= 0.3 is 5.97 Å². The van der Waals surface area contributed by atoms with Crippen LogP contribution in [0.25, 0.3) is 10.6 Å². The van der Waals surface area contributed by atoms with Crippen molar-refractivity contribution in [2.24, 2.45) is 0 Å². The molecule has 5 unspecified atom stereocenters. The number of hydrogen-bond donors (Lipinski definition) is 3. The second kappa shape index (κ2) is 13.3. The van der Waals surface area contributed by atoms with Gasteiger partial charge in [-0.3, -0.25) is 0 Å². The zero-order valence-electron chi connectivity index (χ0n) is 23.4. The lowest BCUT2D eigenvalue weighted by molar-refractivity contribution is -0.231. The number of carbonyl (C=O) groups is 1. The van der Waals surface area contributed by atoms with Crippen molar-refractivity contribution in [3.63, 3.8) is 0 Å². The molecule has 43 heavy (non-hydrogen) atoms. The first-order valence-electron chi connectivity index (χ1n) is 13.2. The smallest absolute Gasteiger partial charge is 0.338 e. The quantitative estimate of drug-likeness (QED) is 0.218. The maximum Gasteiger partial charge on any atom is 0.338 e. The van der Waals surface area contributed by atoms with Crippen molar-refractivity contribution in [2.45, 2.75) is 36.9 Å². The van der Waals surface area contributed by atoms with Crippen LogP contribution in [0.15, 0.2) is 59.3 Å². The van der Waals surface area contributed by atoms with Gasteiger partial charge in [-0.15, -0.1) is 11.3 Å². The van der Waals surface area contributed by atoms with Crippen LogP contribution in [0.2, 0.25) is 5.02 Å². The van der Waals surface area contributed by atoms with Crippen LogP contribution in [0.3, 0.4) is 0 Å². The molecule has 0 radical (unpaired) electrons. The number of ether oxygens (including phenoxy) is 5. The van der Waals surface area contributed by atoms with E-state index in [-0.39, 0.29) is 17.1 Å². The van der Waals surface area contributed by atoms with E-state index in [2.05, 4.69) is 4.98 Å². The number of aromatic nitrogens is 1. The number of hydrogen-bond acceptors (Lipinski definition) is 12. The summed E-state index contributed by atoms with van der Waals surface area (Å²) in [6.45, 7) is -0.411. The molecular formula is C30H30ClNO10S. The van der Waals surface area contributed by atoms with E-state index in [1.54, 1.807) is 36.7 Å². The average Bonchev–Trinajstić information content (AvgIpc) is 3.72. The molecular weight excluding hydrogens is 602 g/mol. The monoisotopic (exact) mass is 631 g/mol. The third-order valence-electron chi connectivity index (χ3n) is 7.05. The number of benzene rings is 2. The highest BCUT2D eigenvalue weighted by Gasteiger charge is 2.45. The number of halogens is 1. The van der Waals surface area contributed by atoms with Gasteiger partial charge in [0.15, 0.2) is 11.5 Å². The Balaban J connectivity index is 1.31. The lowest BCUT2D eigenvalue weighted by atomic mass is 9.90. The minimum atomic E-state index is -1.57. The van der Waals surface area contributed by atoms with E-state index >= 15 is 0 Å². The highest BCUT2D eigenvalue weighted by atomic mass is 35.5. The molecule has 5 rings (SSSR count). The molecule has 0 aliphatic carbocycles. The average molecular weight is 632 g/mol. The summed E-state index contributed by atoms with van der Waals surface area (Å²) in [6.07, 6.45) is -3.03. The topological polar surface area (TPSA) is 150 Å². The molecule has 2 aromatic carbocycles. The summed E-state index contributed by atoms with van der Waals surface area (Å²) in [6, 6.07) is 11.6. The van der Waals surface area contributed by atoms with Crippen molar-refractivity contribution >= 4 is 28.9 Å². The Morgan fingerprint density at radius 2 is 1.74 bits per heavy atom. The lowest BCUT2D eigenvalue weighted by Gasteiger charge is -2.40. The fraction of sp³-hybridized carbons (Fsp3) is 0.333. The number of esters is 1. The molecule has 0 saturated carbocycles. The van der Waals surface area contributed by atoms with Crippen LogP contribution in [0.4, 0.5) is 0 Å². The predicted molar refractivity (Wildman–Crippen MR) is 156 cm³/mol. The van der Waals surface area contributed by atoms with Crippen molar-refractivity contribution in [2.75, 3.05) is 27.9 Å². The van der Waals surface area contributed by atoms with Gasteiger partial charge in [0, 0.05) is 17.6 Å². The van der Waals surface area contributed by atoms with Crippen LogP contribution >= 0.6 is 22.9 Å². The Morgan fingerprint density at radius 3 is 2.40 bits per heavy atom. The molecule has 0 spiro atoms. The summed E-state index contributed by atoms with van der Waals surface area (Å²) < 4.78 is 32.7. The minimum Gasteiger partial charge on any atom is -0.493 e. The van der Waals surface area contributed by atoms with Gasteiger partial charge in [-0.1, -0.05) is 23.7 Å². The Kier molecular flexibility index (Phi) is 9.55. The molecule has 1 aliphatic heterocycles. The normalized spacial score (nSPS) is 21.8. The zero-order valence-corrected chi connectivity index (χ0v) is 25.0. The van der Waals surface area contributed by atoms with Crippen molar-refractivity contribution in [3.8, 4) is 27.9 Å². The third-order valence-corrected chi connectivity index (χ3v) is 8.43. The Morgan fingerprint density at radius 1 is 1.00 bits per heavy atom. The van der Waals surface area contributed by atoms with Crippen molar-refractivity contribution < 1.29 is 48.2 Å². The molecule has 2 aromatic heterocycles. The summed E-state index contributed by atoms with van der Waals surface area (Å²) in [5.74, 6) is 0.789. The minimum absolute atomic E-state index is 0.108. The molecule has 0 bridgehead atoms. The van der Waals surface area contributed by atoms with Gasteiger partial charge in [-0.25, -0.2) is 9.78 Å². The SMILES string of the molecule is COc1cc(C(=O)OCC2OC(c3ccc(Cl)c(Cc4ncc(-c5ccco5)s4)c3)C(O)C(O)C2O)cc(OC)c1OC. The van der Waals surface area contributed by atoms with Crippen molar-refractivity contribution in [3.05, 3.63) is 81.6 Å². The zero-order chi connectivity index (χ0) is 30.7. The van der Waals surface area contributed by atoms with Crippen LogP contribution in [-0.4, -0.2) is 78.6 Å². The van der Waals surface area contributed by atoms with Crippen molar-refractivity contribution in [1.29, 1.82) is 0 Å². The van der Waals surface area contributed by atoms with Crippen LogP contribution in [0, 0.1) is 0 Å². The Labute approximate surface area is 256 Å². The summed E-state index contributed by atoms with van der Waals surface area (Å²) in [4.78, 5) is 18.3. The summed E-state index contributed by atoms with van der Waals surface area (Å²) in [7, 11) is 4.28. The van der Waals surface area contributed by atoms with Gasteiger partial charge < -0.3 is 43.4 Å². The summed E-state index contributed by atoms with van der Waals surface area (Å²) in [5.41, 5.74) is 1.35. The molecule has 228 valence electrons. The van der Waals surface area contributed by atoms with Crippen LogP contribution in [0.5, 0.6) is 17.2 Å². The Bertz CT molecular complexity index is 1530. The number of carbonyl (C=O) groups excluding carboxylic acids is 1. The molecule has 3 heterocycles. The van der Waals surface area contributed by atoms with Crippen LogP contribution < -0.4 is 14.2 Å². The third kappa shape index (κ3) is 6.49. The van der Waals surface area contributed by atoms with E-state index in [0.29, 0.717) is 28.5 Å². The number of furan rings is 1. The number of aliphatic hydroxyl groups excluding tert-OH is 3. The number of nitrogens with zero attached hydrogens (tertiary/aromatic N) is 1. The first-order valence-corrected chi connectivity index (χ1v) is 14.4. The largest absolute Gasteiger partial charge is 0.493 e. The van der Waals surface area contributed by atoms with Gasteiger partial charge in [0.25, 0.3) is 0 Å². The second-order valence-electron chi connectivity index (χ2n) is 9.70. The molecule has 3 N–H and O–H groups in total. The van der Waals surface area contributed by atoms with Gasteiger partial charge in [0.1, 0.15) is 42.9 Å². The van der Waals surface area contributed by atoms with Crippen LogP contribution in [0.1, 0.15) is 32.6 Å². The molecule has 11 nitrogen and oxygen atoms in total. The van der Waals surface area contributed by atoms with Gasteiger partial charge in [0.05, 0.1) is 43.0 Å². The maximum absolute atomic E-state index is 12.9. The number of rotatable bonds is 10. The number of methoxy groups -OCH3 is 3. The fourth-order valence-electron chi connectivity index (χ4n) is 4.80. The van der Waals surface area contributed by atoms with E-state index in [0.717, 1.165) is 15.4 Å². The molecule has 1 fully saturated rings. The van der Waals surface area contributed by atoms with Gasteiger partial charge in [0.2, 0.25) is 5.75 Å². The van der Waals surface area contributed by atoms with E-state index in [1.807, 2.05) is 6.07 Å². The molecule has 1 saturated heterocycles. The fourth-order valence-corrected chi connectivity index (χ4v) is 5.89. The summed E-state index contributed by atoms with van der Waals surface area (Å²) in [5, 5.41) is 33.4. The van der Waals surface area contributed by atoms with E-state index in [9.17, 15) is 20.1 Å². The first kappa shape index (κ1) is 30.8. The molecule has 0 amide bonds. The van der Waals surface area contributed by atoms with Gasteiger partial charge in [-0.2, -0.15) is 0 Å². The van der Waals surface area contributed by atoms with Crippen molar-refractivity contribution in [1.82, 2.24) is 4.98 Å². The maximum atomic E-state index is 12.9.